The molecule has 0 bridgehead atoms. The normalized spacial score (nSPS) is 15.8. The highest BCUT2D eigenvalue weighted by Crippen LogP contribution is 2.24. The van der Waals surface area contributed by atoms with Crippen LogP contribution in [0.4, 0.5) is 5.69 Å². The summed E-state index contributed by atoms with van der Waals surface area (Å²) in [5.74, 6) is -0.00318. The lowest BCUT2D eigenvalue weighted by Crippen LogP contribution is -2.31. The number of halogens is 1. The maximum Gasteiger partial charge on any atom is 0.238 e. The predicted octanol–water partition coefficient (Wildman–Crippen LogP) is 4.23. The van der Waals surface area contributed by atoms with Crippen molar-refractivity contribution in [3.05, 3.63) is 64.7 Å². The second-order valence-corrected chi connectivity index (χ2v) is 7.27. The van der Waals surface area contributed by atoms with Crippen molar-refractivity contribution in [3.8, 4) is 0 Å². The van der Waals surface area contributed by atoms with E-state index < -0.39 is 0 Å². The lowest BCUT2D eigenvalue weighted by Gasteiger charge is -2.17. The van der Waals surface area contributed by atoms with Crippen LogP contribution in [-0.4, -0.2) is 30.4 Å². The van der Waals surface area contributed by atoms with Gasteiger partial charge in [-0.3, -0.25) is 9.69 Å². The van der Waals surface area contributed by atoms with E-state index in [0.717, 1.165) is 18.7 Å². The number of carbonyl (C=O) groups excluding carboxylic acids is 1. The van der Waals surface area contributed by atoms with Gasteiger partial charge < -0.3 is 10.6 Å². The van der Waals surface area contributed by atoms with E-state index in [4.69, 9.17) is 11.6 Å². The van der Waals surface area contributed by atoms with Crippen LogP contribution in [0.3, 0.4) is 0 Å². The average molecular weight is 372 g/mol. The molecule has 0 spiro atoms. The average Bonchev–Trinajstić information content (AvgIpc) is 3.15. The summed E-state index contributed by atoms with van der Waals surface area (Å²) in [6.07, 6.45) is 2.35. The quantitative estimate of drug-likeness (QED) is 0.765. The molecule has 1 fully saturated rings. The molecule has 1 saturated heterocycles. The maximum absolute atomic E-state index is 12.3. The Kier molecular flexibility index (Phi) is 6.67. The van der Waals surface area contributed by atoms with E-state index in [2.05, 4.69) is 34.6 Å². The van der Waals surface area contributed by atoms with E-state index in [1.807, 2.05) is 36.4 Å². The van der Waals surface area contributed by atoms with Crippen LogP contribution < -0.4 is 10.6 Å². The number of carbonyl (C=O) groups is 1. The van der Waals surface area contributed by atoms with E-state index in [-0.39, 0.29) is 11.9 Å². The summed E-state index contributed by atoms with van der Waals surface area (Å²) < 4.78 is 0. The summed E-state index contributed by atoms with van der Waals surface area (Å²) in [6, 6.07) is 16.4. The first-order valence-corrected chi connectivity index (χ1v) is 9.58. The van der Waals surface area contributed by atoms with Gasteiger partial charge in [-0.25, -0.2) is 0 Å². The summed E-state index contributed by atoms with van der Waals surface area (Å²) in [5, 5.41) is 7.04. The van der Waals surface area contributed by atoms with Gasteiger partial charge in [0, 0.05) is 12.6 Å². The minimum atomic E-state index is -0.00318. The van der Waals surface area contributed by atoms with Crippen LogP contribution in [-0.2, 0) is 11.3 Å². The first-order valence-electron chi connectivity index (χ1n) is 9.21. The lowest BCUT2D eigenvalue weighted by atomic mass is 10.1. The van der Waals surface area contributed by atoms with Crippen LogP contribution >= 0.6 is 11.6 Å². The van der Waals surface area contributed by atoms with Crippen LogP contribution in [0.1, 0.15) is 36.9 Å². The smallest absolute Gasteiger partial charge is 0.238 e. The highest BCUT2D eigenvalue weighted by molar-refractivity contribution is 6.33. The third-order valence-electron chi connectivity index (χ3n) is 4.78. The van der Waals surface area contributed by atoms with Gasteiger partial charge in [0.2, 0.25) is 5.91 Å². The number of benzene rings is 2. The lowest BCUT2D eigenvalue weighted by molar-refractivity contribution is -0.117. The number of nitrogens with zero attached hydrogens (tertiary/aromatic N) is 1. The minimum Gasteiger partial charge on any atom is -0.324 e. The van der Waals surface area contributed by atoms with Crippen LogP contribution in [0.15, 0.2) is 48.5 Å². The zero-order chi connectivity index (χ0) is 18.4. The molecule has 1 aliphatic rings. The molecule has 5 heteroatoms. The van der Waals surface area contributed by atoms with Gasteiger partial charge in [0.1, 0.15) is 0 Å². The third kappa shape index (κ3) is 5.31. The molecule has 1 atom stereocenters. The van der Waals surface area contributed by atoms with Gasteiger partial charge in [-0.05, 0) is 56.1 Å². The highest BCUT2D eigenvalue weighted by atomic mass is 35.5. The number of nitrogens with one attached hydrogen (secondary N) is 2. The Morgan fingerprint density at radius 3 is 2.62 bits per heavy atom. The van der Waals surface area contributed by atoms with Crippen molar-refractivity contribution in [2.24, 2.45) is 0 Å². The molecular formula is C21H26ClN3O. The standard InChI is InChI=1S/C21H26ClN3O/c1-16(18-7-3-2-4-8-18)23-14-17-9-10-19(22)20(13-17)24-21(26)15-25-11-5-6-12-25/h2-4,7-10,13,16,23H,5-6,11-12,14-15H2,1H3,(H,24,26). The van der Waals surface area contributed by atoms with Gasteiger partial charge in [0.05, 0.1) is 17.3 Å². The number of hydrogen-bond acceptors (Lipinski definition) is 3. The zero-order valence-electron chi connectivity index (χ0n) is 15.2. The molecule has 1 amide bonds. The van der Waals surface area contributed by atoms with Crippen molar-refractivity contribution in [2.45, 2.75) is 32.4 Å². The fourth-order valence-electron chi connectivity index (χ4n) is 3.24. The highest BCUT2D eigenvalue weighted by Gasteiger charge is 2.16. The van der Waals surface area contributed by atoms with Crippen molar-refractivity contribution in [1.82, 2.24) is 10.2 Å². The Balaban J connectivity index is 1.57. The number of anilines is 1. The van der Waals surface area contributed by atoms with Crippen molar-refractivity contribution >= 4 is 23.2 Å². The van der Waals surface area contributed by atoms with E-state index in [1.165, 1.54) is 18.4 Å². The SMILES string of the molecule is CC(NCc1ccc(Cl)c(NC(=O)CN2CCCC2)c1)c1ccccc1. The molecular weight excluding hydrogens is 346 g/mol. The van der Waals surface area contributed by atoms with Gasteiger partial charge in [0.25, 0.3) is 0 Å². The topological polar surface area (TPSA) is 44.4 Å². The number of hydrogen-bond donors (Lipinski definition) is 2. The van der Waals surface area contributed by atoms with Crippen LogP contribution in [0, 0.1) is 0 Å². The van der Waals surface area contributed by atoms with Crippen LogP contribution in [0.25, 0.3) is 0 Å². The Morgan fingerprint density at radius 2 is 1.88 bits per heavy atom. The fraction of sp³-hybridized carbons (Fsp3) is 0.381. The van der Waals surface area contributed by atoms with E-state index in [1.54, 1.807) is 0 Å². The van der Waals surface area contributed by atoms with E-state index in [9.17, 15) is 4.79 Å². The summed E-state index contributed by atoms with van der Waals surface area (Å²) in [7, 11) is 0. The van der Waals surface area contributed by atoms with E-state index in [0.29, 0.717) is 23.8 Å². The Labute approximate surface area is 160 Å². The minimum absolute atomic E-state index is 0.00318. The van der Waals surface area contributed by atoms with Gasteiger partial charge in [-0.2, -0.15) is 0 Å². The van der Waals surface area contributed by atoms with Crippen molar-refractivity contribution in [1.29, 1.82) is 0 Å². The molecule has 26 heavy (non-hydrogen) atoms. The Hall–Kier alpha value is -1.88. The van der Waals surface area contributed by atoms with Crippen LogP contribution in [0.5, 0.6) is 0 Å². The van der Waals surface area contributed by atoms with Gasteiger partial charge in [0.15, 0.2) is 0 Å². The van der Waals surface area contributed by atoms with Crippen molar-refractivity contribution < 1.29 is 4.79 Å². The number of rotatable bonds is 7. The van der Waals surface area contributed by atoms with Gasteiger partial charge in [-0.15, -0.1) is 0 Å². The first-order chi connectivity index (χ1) is 12.6. The molecule has 1 unspecified atom stereocenters. The molecule has 2 aromatic carbocycles. The largest absolute Gasteiger partial charge is 0.324 e. The fourth-order valence-corrected chi connectivity index (χ4v) is 3.41. The molecule has 2 N–H and O–H groups in total. The maximum atomic E-state index is 12.3. The molecule has 1 heterocycles. The molecule has 138 valence electrons. The molecule has 4 nitrogen and oxygen atoms in total. The summed E-state index contributed by atoms with van der Waals surface area (Å²) in [5.41, 5.74) is 3.02. The molecule has 0 saturated carbocycles. The predicted molar refractivity (Wildman–Crippen MR) is 107 cm³/mol. The molecule has 3 rings (SSSR count). The van der Waals surface area contributed by atoms with Gasteiger partial charge >= 0.3 is 0 Å². The van der Waals surface area contributed by atoms with Gasteiger partial charge in [-0.1, -0.05) is 48.0 Å². The molecule has 0 aliphatic carbocycles. The molecule has 0 aromatic heterocycles. The number of likely N-dealkylation sites (tertiary alicyclic amines) is 1. The van der Waals surface area contributed by atoms with Crippen molar-refractivity contribution in [3.63, 3.8) is 0 Å². The van der Waals surface area contributed by atoms with Crippen LogP contribution in [0.2, 0.25) is 5.02 Å². The van der Waals surface area contributed by atoms with Crippen molar-refractivity contribution in [2.75, 3.05) is 25.0 Å². The summed E-state index contributed by atoms with van der Waals surface area (Å²) in [4.78, 5) is 14.4. The molecule has 1 aliphatic heterocycles. The van der Waals surface area contributed by atoms with E-state index >= 15 is 0 Å². The summed E-state index contributed by atoms with van der Waals surface area (Å²) in [6.45, 7) is 5.29. The summed E-state index contributed by atoms with van der Waals surface area (Å²) >= 11 is 6.27. The third-order valence-corrected chi connectivity index (χ3v) is 5.11. The molecule has 0 radical (unpaired) electrons. The molecule has 2 aromatic rings. The zero-order valence-corrected chi connectivity index (χ0v) is 15.9. The first kappa shape index (κ1) is 18.9. The second-order valence-electron chi connectivity index (χ2n) is 6.86. The monoisotopic (exact) mass is 371 g/mol. The Morgan fingerprint density at radius 1 is 1.15 bits per heavy atom. The Bertz CT molecular complexity index is 729. The number of amides is 1. The second kappa shape index (κ2) is 9.17.